The summed E-state index contributed by atoms with van der Waals surface area (Å²) in [6.07, 6.45) is 2.45. The fourth-order valence-electron chi connectivity index (χ4n) is 3.27. The van der Waals surface area contributed by atoms with Gasteiger partial charge < -0.3 is 5.32 Å². The third kappa shape index (κ3) is 3.65. The van der Waals surface area contributed by atoms with E-state index in [1.807, 2.05) is 0 Å². The van der Waals surface area contributed by atoms with Crippen LogP contribution >= 0.6 is 0 Å². The summed E-state index contributed by atoms with van der Waals surface area (Å²) in [5.74, 6) is 0.742. The van der Waals surface area contributed by atoms with Crippen molar-refractivity contribution in [3.8, 4) is 0 Å². The minimum absolute atomic E-state index is 0.453. The zero-order valence-corrected chi connectivity index (χ0v) is 13.8. The maximum atomic E-state index is 4.97. The number of hydrogen-bond donors (Lipinski definition) is 1. The van der Waals surface area contributed by atoms with Gasteiger partial charge in [-0.25, -0.2) is 0 Å². The molecule has 0 amide bonds. The number of nitrogens with zero attached hydrogens (tertiary/aromatic N) is 2. The molecule has 1 aromatic heterocycles. The van der Waals surface area contributed by atoms with Gasteiger partial charge in [-0.2, -0.15) is 0 Å². The van der Waals surface area contributed by atoms with E-state index in [-0.39, 0.29) is 0 Å². The van der Waals surface area contributed by atoms with Crippen molar-refractivity contribution in [1.29, 1.82) is 0 Å². The SMILES string of the molecule is CC(C)CC[C@@H](c1ccc2ccccc2n1)N1CCNCC1. The van der Waals surface area contributed by atoms with Crippen LogP contribution in [0.5, 0.6) is 0 Å². The summed E-state index contributed by atoms with van der Waals surface area (Å²) in [6, 6.07) is 13.3. The minimum atomic E-state index is 0.453. The molecule has 22 heavy (non-hydrogen) atoms. The van der Waals surface area contributed by atoms with Crippen LogP contribution in [0.4, 0.5) is 0 Å². The van der Waals surface area contributed by atoms with Crippen LogP contribution in [-0.4, -0.2) is 36.1 Å². The first-order chi connectivity index (χ1) is 10.7. The van der Waals surface area contributed by atoms with Crippen molar-refractivity contribution in [2.45, 2.75) is 32.7 Å². The first kappa shape index (κ1) is 15.4. The Hall–Kier alpha value is -1.45. The highest BCUT2D eigenvalue weighted by molar-refractivity contribution is 5.78. The molecule has 2 aromatic rings. The maximum Gasteiger partial charge on any atom is 0.0706 e. The number of piperazine rings is 1. The standard InChI is InChI=1S/C19H27N3/c1-15(2)7-10-19(22-13-11-20-12-14-22)18-9-8-16-5-3-4-6-17(16)21-18/h3-6,8-9,15,19-20H,7,10-14H2,1-2H3/t19-/m0/s1. The molecule has 1 saturated heterocycles. The molecular formula is C19H27N3. The highest BCUT2D eigenvalue weighted by Gasteiger charge is 2.23. The zero-order valence-electron chi connectivity index (χ0n) is 13.8. The Morgan fingerprint density at radius 2 is 1.82 bits per heavy atom. The first-order valence-electron chi connectivity index (χ1n) is 8.54. The van der Waals surface area contributed by atoms with Gasteiger partial charge in [-0.1, -0.05) is 38.1 Å². The molecule has 0 spiro atoms. The van der Waals surface area contributed by atoms with Crippen molar-refractivity contribution in [3.05, 3.63) is 42.1 Å². The van der Waals surface area contributed by atoms with Gasteiger partial charge in [0, 0.05) is 31.6 Å². The average Bonchev–Trinajstić information content (AvgIpc) is 2.55. The van der Waals surface area contributed by atoms with Crippen molar-refractivity contribution >= 4 is 10.9 Å². The summed E-state index contributed by atoms with van der Waals surface area (Å²) in [6.45, 7) is 9.04. The number of hydrogen-bond acceptors (Lipinski definition) is 3. The predicted molar refractivity (Wildman–Crippen MR) is 93.0 cm³/mol. The van der Waals surface area contributed by atoms with E-state index >= 15 is 0 Å². The molecule has 1 fully saturated rings. The Bertz CT molecular complexity index is 602. The highest BCUT2D eigenvalue weighted by atomic mass is 15.2. The summed E-state index contributed by atoms with van der Waals surface area (Å²) < 4.78 is 0. The van der Waals surface area contributed by atoms with E-state index in [0.29, 0.717) is 6.04 Å². The molecule has 0 radical (unpaired) electrons. The van der Waals surface area contributed by atoms with Crippen molar-refractivity contribution in [3.63, 3.8) is 0 Å². The highest BCUT2D eigenvalue weighted by Crippen LogP contribution is 2.28. The lowest BCUT2D eigenvalue weighted by atomic mass is 9.98. The van der Waals surface area contributed by atoms with E-state index < -0.39 is 0 Å². The van der Waals surface area contributed by atoms with Crippen molar-refractivity contribution in [1.82, 2.24) is 15.2 Å². The van der Waals surface area contributed by atoms with E-state index in [2.05, 4.69) is 60.5 Å². The molecule has 0 saturated carbocycles. The third-order valence-electron chi connectivity index (χ3n) is 4.57. The van der Waals surface area contributed by atoms with Gasteiger partial charge in [0.2, 0.25) is 0 Å². The van der Waals surface area contributed by atoms with Gasteiger partial charge in [-0.15, -0.1) is 0 Å². The maximum absolute atomic E-state index is 4.97. The summed E-state index contributed by atoms with van der Waals surface area (Å²) in [7, 11) is 0. The number of para-hydroxylation sites is 1. The predicted octanol–water partition coefficient (Wildman–Crippen LogP) is 3.62. The summed E-state index contributed by atoms with van der Waals surface area (Å²) in [5, 5.41) is 4.68. The van der Waals surface area contributed by atoms with Gasteiger partial charge in [0.1, 0.15) is 0 Å². The van der Waals surface area contributed by atoms with Crippen LogP contribution in [0.15, 0.2) is 36.4 Å². The zero-order chi connectivity index (χ0) is 15.4. The number of aromatic nitrogens is 1. The topological polar surface area (TPSA) is 28.2 Å². The Morgan fingerprint density at radius 1 is 1.05 bits per heavy atom. The lowest BCUT2D eigenvalue weighted by Crippen LogP contribution is -2.45. The lowest BCUT2D eigenvalue weighted by molar-refractivity contribution is 0.157. The molecule has 3 nitrogen and oxygen atoms in total. The molecule has 3 rings (SSSR count). The minimum Gasteiger partial charge on any atom is -0.314 e. The fraction of sp³-hybridized carbons (Fsp3) is 0.526. The molecular weight excluding hydrogens is 270 g/mol. The van der Waals surface area contributed by atoms with Crippen LogP contribution in [0.1, 0.15) is 38.4 Å². The van der Waals surface area contributed by atoms with Crippen LogP contribution in [-0.2, 0) is 0 Å². The molecule has 1 aliphatic heterocycles. The second kappa shape index (κ2) is 7.21. The second-order valence-electron chi connectivity index (χ2n) is 6.70. The van der Waals surface area contributed by atoms with E-state index in [9.17, 15) is 0 Å². The van der Waals surface area contributed by atoms with Crippen molar-refractivity contribution in [2.24, 2.45) is 5.92 Å². The van der Waals surface area contributed by atoms with Crippen LogP contribution < -0.4 is 5.32 Å². The second-order valence-corrected chi connectivity index (χ2v) is 6.70. The van der Waals surface area contributed by atoms with Crippen molar-refractivity contribution in [2.75, 3.05) is 26.2 Å². The molecule has 1 aliphatic rings. The van der Waals surface area contributed by atoms with Gasteiger partial charge in [0.05, 0.1) is 17.3 Å². The summed E-state index contributed by atoms with van der Waals surface area (Å²) in [4.78, 5) is 7.57. The molecule has 1 N–H and O–H groups in total. The Morgan fingerprint density at radius 3 is 2.59 bits per heavy atom. The van der Waals surface area contributed by atoms with E-state index in [4.69, 9.17) is 4.98 Å². The molecule has 3 heteroatoms. The van der Waals surface area contributed by atoms with E-state index in [1.165, 1.54) is 23.9 Å². The summed E-state index contributed by atoms with van der Waals surface area (Å²) >= 11 is 0. The van der Waals surface area contributed by atoms with Gasteiger partial charge in [-0.3, -0.25) is 9.88 Å². The Kier molecular flexibility index (Phi) is 5.06. The summed E-state index contributed by atoms with van der Waals surface area (Å²) in [5.41, 5.74) is 2.35. The van der Waals surface area contributed by atoms with E-state index in [1.54, 1.807) is 0 Å². The monoisotopic (exact) mass is 297 g/mol. The Labute approximate surface area is 133 Å². The lowest BCUT2D eigenvalue weighted by Gasteiger charge is -2.35. The molecule has 2 heterocycles. The number of benzene rings is 1. The smallest absolute Gasteiger partial charge is 0.0706 e. The van der Waals surface area contributed by atoms with Crippen LogP contribution in [0, 0.1) is 5.92 Å². The first-order valence-corrected chi connectivity index (χ1v) is 8.54. The van der Waals surface area contributed by atoms with Crippen molar-refractivity contribution < 1.29 is 0 Å². The van der Waals surface area contributed by atoms with Gasteiger partial charge >= 0.3 is 0 Å². The molecule has 0 unspecified atom stereocenters. The third-order valence-corrected chi connectivity index (χ3v) is 4.57. The van der Waals surface area contributed by atoms with Crippen LogP contribution in [0.2, 0.25) is 0 Å². The van der Waals surface area contributed by atoms with Gasteiger partial charge in [-0.05, 0) is 30.9 Å². The number of pyridine rings is 1. The largest absolute Gasteiger partial charge is 0.314 e. The molecule has 0 aliphatic carbocycles. The fourth-order valence-corrected chi connectivity index (χ4v) is 3.27. The molecule has 1 aromatic carbocycles. The normalized spacial score (nSPS) is 18.0. The molecule has 0 bridgehead atoms. The van der Waals surface area contributed by atoms with Crippen LogP contribution in [0.3, 0.4) is 0 Å². The molecule has 1 atom stereocenters. The quantitative estimate of drug-likeness (QED) is 0.913. The van der Waals surface area contributed by atoms with Gasteiger partial charge in [0.15, 0.2) is 0 Å². The van der Waals surface area contributed by atoms with Gasteiger partial charge in [0.25, 0.3) is 0 Å². The average molecular weight is 297 g/mol. The number of rotatable bonds is 5. The Balaban J connectivity index is 1.87. The number of nitrogens with one attached hydrogen (secondary N) is 1. The van der Waals surface area contributed by atoms with Crippen LogP contribution in [0.25, 0.3) is 10.9 Å². The van der Waals surface area contributed by atoms with E-state index in [0.717, 1.165) is 37.6 Å². The molecule has 118 valence electrons. The number of fused-ring (bicyclic) bond motifs is 1.